The average Bonchev–Trinajstić information content (AvgIpc) is 3.34. The topological polar surface area (TPSA) is 16.4 Å². The Morgan fingerprint density at radius 3 is 2.00 bits per heavy atom. The van der Waals surface area contributed by atoms with Gasteiger partial charge in [0.15, 0.2) is 5.58 Å². The minimum absolute atomic E-state index is 0.0488. The number of hydrogen-bond acceptors (Lipinski definition) is 2. The zero-order chi connectivity index (χ0) is 26.5. The number of para-hydroxylation sites is 2. The summed E-state index contributed by atoms with van der Waals surface area (Å²) in [6.07, 6.45) is 0. The van der Waals surface area contributed by atoms with E-state index in [0.717, 1.165) is 11.2 Å². The number of rotatable bonds is 1. The summed E-state index contributed by atoms with van der Waals surface area (Å²) in [7, 11) is -1.88. The van der Waals surface area contributed by atoms with Crippen LogP contribution in [0.15, 0.2) is 114 Å². The smallest absolute Gasteiger partial charge is 0.328 e. The molecule has 8 rings (SSSR count). The summed E-state index contributed by atoms with van der Waals surface area (Å²) in [6, 6.07) is 40.4. The molecular weight excluding hydrogens is 489 g/mol. The number of benzene rings is 5. The summed E-state index contributed by atoms with van der Waals surface area (Å²) in [5.74, 6) is 0. The average molecular weight is 520 g/mol. The monoisotopic (exact) mass is 519 g/mol. The number of hydrogen-bond donors (Lipinski definition) is 0. The lowest BCUT2D eigenvalue weighted by Crippen LogP contribution is -2.77. The van der Waals surface area contributed by atoms with Crippen LogP contribution < -0.4 is 26.1 Å². The van der Waals surface area contributed by atoms with Crippen LogP contribution >= 0.6 is 0 Å². The Morgan fingerprint density at radius 2 is 1.26 bits per heavy atom. The van der Waals surface area contributed by atoms with E-state index in [4.69, 9.17) is 4.42 Å². The van der Waals surface area contributed by atoms with Crippen molar-refractivity contribution in [1.82, 2.24) is 0 Å². The molecular formula is C35H30BNOSi. The Kier molecular flexibility index (Phi) is 4.57. The van der Waals surface area contributed by atoms with Crippen molar-refractivity contribution in [2.45, 2.75) is 32.4 Å². The second-order valence-corrected chi connectivity index (χ2v) is 16.5. The quantitative estimate of drug-likeness (QED) is 0.237. The highest BCUT2D eigenvalue weighted by molar-refractivity contribution is 7.12. The van der Waals surface area contributed by atoms with Crippen molar-refractivity contribution in [2.75, 3.05) is 4.81 Å². The second kappa shape index (κ2) is 7.77. The van der Waals surface area contributed by atoms with Crippen LogP contribution in [0, 0.1) is 0 Å². The van der Waals surface area contributed by atoms with Crippen LogP contribution in [0.3, 0.4) is 0 Å². The lowest BCUT2D eigenvalue weighted by Gasteiger charge is -2.47. The fourth-order valence-corrected chi connectivity index (χ4v) is 10.7. The Hall–Kier alpha value is -4.02. The lowest BCUT2D eigenvalue weighted by atomic mass is 9.47. The normalized spacial score (nSPS) is 16.5. The van der Waals surface area contributed by atoms with Gasteiger partial charge in [-0.25, -0.2) is 0 Å². The molecule has 1 aromatic heterocycles. The maximum atomic E-state index is 6.76. The molecule has 2 aliphatic heterocycles. The third-order valence-corrected chi connectivity index (χ3v) is 13.0. The van der Waals surface area contributed by atoms with Crippen molar-refractivity contribution >= 4 is 69.5 Å². The van der Waals surface area contributed by atoms with Gasteiger partial charge in [0.25, 0.3) is 0 Å². The molecule has 0 saturated heterocycles. The predicted molar refractivity (Wildman–Crippen MR) is 169 cm³/mol. The Bertz CT molecular complexity index is 1900. The van der Waals surface area contributed by atoms with Gasteiger partial charge in [0.1, 0.15) is 13.7 Å². The Labute approximate surface area is 231 Å². The van der Waals surface area contributed by atoms with Crippen LogP contribution in [0.1, 0.15) is 25.0 Å². The van der Waals surface area contributed by atoms with Crippen LogP contribution in [0.25, 0.3) is 21.9 Å². The number of furan rings is 1. The molecule has 6 aromatic rings. The third-order valence-electron chi connectivity index (χ3n) is 9.39. The van der Waals surface area contributed by atoms with E-state index in [1.54, 1.807) is 0 Å². The molecule has 0 amide bonds. The van der Waals surface area contributed by atoms with Gasteiger partial charge in [-0.3, -0.25) is 0 Å². The fourth-order valence-electron chi connectivity index (χ4n) is 7.46. The van der Waals surface area contributed by atoms with Gasteiger partial charge in [0.05, 0.1) is 5.69 Å². The van der Waals surface area contributed by atoms with Gasteiger partial charge in [0.2, 0.25) is 0 Å². The molecule has 0 spiro atoms. The van der Waals surface area contributed by atoms with Crippen LogP contribution in [0.4, 0.5) is 11.4 Å². The molecule has 0 unspecified atom stereocenters. The lowest BCUT2D eigenvalue weighted by molar-refractivity contribution is 0.625. The number of fused-ring (bicyclic) bond motifs is 8. The summed E-state index contributed by atoms with van der Waals surface area (Å²) in [6.45, 7) is 9.76. The van der Waals surface area contributed by atoms with Gasteiger partial charge in [-0.2, -0.15) is 0 Å². The first-order valence-electron chi connectivity index (χ1n) is 13.9. The first kappa shape index (κ1) is 22.9. The molecule has 4 heteroatoms. The van der Waals surface area contributed by atoms with Gasteiger partial charge >= 0.3 is 6.85 Å². The third kappa shape index (κ3) is 2.93. The van der Waals surface area contributed by atoms with Crippen LogP contribution in [-0.4, -0.2) is 14.9 Å². The Morgan fingerprint density at radius 1 is 0.641 bits per heavy atom. The number of nitrogens with zero attached hydrogens (tertiary/aromatic N) is 1. The molecule has 0 N–H and O–H groups in total. The van der Waals surface area contributed by atoms with Crippen molar-refractivity contribution in [2.24, 2.45) is 0 Å². The zero-order valence-electron chi connectivity index (χ0n) is 22.8. The largest absolute Gasteiger partial charge is 0.454 e. The second-order valence-electron chi connectivity index (χ2n) is 12.2. The summed E-state index contributed by atoms with van der Waals surface area (Å²) in [4.78, 5) is 2.61. The SMILES string of the molecule is CC1(C)c2ccccc2N(B2c3ccccc3[Si](C)(C)c3ccccc32)c2c1ccc1c2oc2ccccc21. The molecule has 3 heterocycles. The molecule has 2 aliphatic rings. The van der Waals surface area contributed by atoms with E-state index in [1.807, 2.05) is 0 Å². The minimum Gasteiger partial charge on any atom is -0.454 e. The van der Waals surface area contributed by atoms with Gasteiger partial charge in [-0.05, 0) is 23.3 Å². The first-order valence-corrected chi connectivity index (χ1v) is 16.9. The van der Waals surface area contributed by atoms with Gasteiger partial charge in [-0.1, -0.05) is 145 Å². The highest BCUT2D eigenvalue weighted by Crippen LogP contribution is 2.52. The van der Waals surface area contributed by atoms with Gasteiger partial charge < -0.3 is 9.23 Å². The first-order chi connectivity index (χ1) is 18.9. The molecule has 0 atom stereocenters. The van der Waals surface area contributed by atoms with Gasteiger partial charge in [0, 0.05) is 21.9 Å². The molecule has 0 aliphatic carbocycles. The highest BCUT2D eigenvalue weighted by Gasteiger charge is 2.48. The van der Waals surface area contributed by atoms with E-state index in [0.29, 0.717) is 0 Å². The van der Waals surface area contributed by atoms with Crippen LogP contribution in [-0.2, 0) is 5.41 Å². The molecule has 0 bridgehead atoms. The summed E-state index contributed by atoms with van der Waals surface area (Å²) < 4.78 is 6.76. The van der Waals surface area contributed by atoms with Crippen molar-refractivity contribution in [1.29, 1.82) is 0 Å². The van der Waals surface area contributed by atoms with E-state index >= 15 is 0 Å². The van der Waals surface area contributed by atoms with Crippen molar-refractivity contribution in [3.63, 3.8) is 0 Å². The van der Waals surface area contributed by atoms with Crippen LogP contribution in [0.2, 0.25) is 13.1 Å². The summed E-state index contributed by atoms with van der Waals surface area (Å²) in [5.41, 5.74) is 9.71. The van der Waals surface area contributed by atoms with Crippen molar-refractivity contribution in [3.05, 3.63) is 120 Å². The van der Waals surface area contributed by atoms with E-state index in [1.165, 1.54) is 54.6 Å². The zero-order valence-corrected chi connectivity index (χ0v) is 23.8. The summed E-state index contributed by atoms with van der Waals surface area (Å²) >= 11 is 0. The molecule has 0 fully saturated rings. The van der Waals surface area contributed by atoms with E-state index in [2.05, 4.69) is 141 Å². The standard InChI is InChI=1S/C35H30BNOSi/c1-35(2)25-14-6-9-17-29(25)37(33-26(35)22-21-24-23-13-5-10-18-30(23)38-34(24)33)36-27-15-7-11-19-31(27)39(3,4)32-20-12-8-16-28(32)36/h5-22H,1-4H3. The van der Waals surface area contributed by atoms with Gasteiger partial charge in [-0.15, -0.1) is 0 Å². The predicted octanol–water partition coefficient (Wildman–Crippen LogP) is 6.31. The maximum Gasteiger partial charge on any atom is 0.328 e. The minimum atomic E-state index is -1.88. The number of anilines is 2. The van der Waals surface area contributed by atoms with E-state index in [9.17, 15) is 0 Å². The summed E-state index contributed by atoms with van der Waals surface area (Å²) in [5, 5.41) is 5.39. The van der Waals surface area contributed by atoms with Crippen molar-refractivity contribution in [3.8, 4) is 0 Å². The molecule has 5 aromatic carbocycles. The molecule has 188 valence electrons. The molecule has 2 nitrogen and oxygen atoms in total. The van der Waals surface area contributed by atoms with Crippen LogP contribution in [0.5, 0.6) is 0 Å². The highest BCUT2D eigenvalue weighted by atomic mass is 28.3. The maximum absolute atomic E-state index is 6.76. The van der Waals surface area contributed by atoms with E-state index in [-0.39, 0.29) is 12.3 Å². The Balaban J connectivity index is 1.54. The van der Waals surface area contributed by atoms with Crippen molar-refractivity contribution < 1.29 is 4.42 Å². The van der Waals surface area contributed by atoms with E-state index < -0.39 is 8.07 Å². The molecule has 39 heavy (non-hydrogen) atoms. The molecule has 0 radical (unpaired) electrons. The molecule has 0 saturated carbocycles. The fraction of sp³-hybridized carbons (Fsp3) is 0.143.